The van der Waals surface area contributed by atoms with Crippen LogP contribution in [0, 0.1) is 17.8 Å². The molecule has 2 bridgehead atoms. The molecule has 5 nitrogen and oxygen atoms in total. The molecule has 0 aromatic carbocycles. The number of likely N-dealkylation sites (tertiary alicyclic amines) is 1. The lowest BCUT2D eigenvalue weighted by Gasteiger charge is -2.53. The van der Waals surface area contributed by atoms with E-state index in [2.05, 4.69) is 0 Å². The number of carbonyl (C=O) groups is 3. The molecular weight excluding hydrogens is 270 g/mol. The Labute approximate surface area is 125 Å². The zero-order valence-corrected chi connectivity index (χ0v) is 12.8. The van der Waals surface area contributed by atoms with Crippen LogP contribution in [0.15, 0.2) is 0 Å². The van der Waals surface area contributed by atoms with E-state index < -0.39 is 0 Å². The van der Waals surface area contributed by atoms with Gasteiger partial charge in [-0.3, -0.25) is 19.3 Å². The molecule has 1 aliphatic heterocycles. The summed E-state index contributed by atoms with van der Waals surface area (Å²) in [6.45, 7) is 3.38. The molecule has 116 valence electrons. The molecule has 0 radical (unpaired) electrons. The van der Waals surface area contributed by atoms with E-state index >= 15 is 0 Å². The van der Waals surface area contributed by atoms with Crippen molar-refractivity contribution in [2.45, 2.75) is 57.9 Å². The number of carbonyl (C=O) groups excluding carboxylic acids is 3. The van der Waals surface area contributed by atoms with Crippen LogP contribution in [0.3, 0.4) is 0 Å². The molecule has 2 saturated carbocycles. The Balaban J connectivity index is 1.62. The summed E-state index contributed by atoms with van der Waals surface area (Å²) in [5, 5.41) is 0. The number of esters is 1. The van der Waals surface area contributed by atoms with Crippen molar-refractivity contribution in [1.29, 1.82) is 0 Å². The first-order chi connectivity index (χ1) is 9.98. The second-order valence-electron chi connectivity index (χ2n) is 6.90. The van der Waals surface area contributed by atoms with Crippen molar-refractivity contribution in [3.63, 3.8) is 0 Å². The van der Waals surface area contributed by atoms with Crippen LogP contribution in [-0.2, 0) is 19.1 Å². The minimum absolute atomic E-state index is 0.105. The van der Waals surface area contributed by atoms with Crippen LogP contribution >= 0.6 is 0 Å². The number of rotatable bonds is 4. The average Bonchev–Trinajstić information content (AvgIpc) is 3.04. The molecule has 3 rings (SSSR count). The molecule has 4 atom stereocenters. The van der Waals surface area contributed by atoms with Gasteiger partial charge in [0.1, 0.15) is 0 Å². The molecule has 1 spiro atoms. The van der Waals surface area contributed by atoms with E-state index in [0.29, 0.717) is 24.7 Å². The maximum atomic E-state index is 12.3. The molecule has 5 heteroatoms. The van der Waals surface area contributed by atoms with Crippen LogP contribution in [0.25, 0.3) is 0 Å². The third kappa shape index (κ3) is 2.17. The maximum Gasteiger partial charge on any atom is 0.309 e. The Kier molecular flexibility index (Phi) is 3.54. The van der Waals surface area contributed by atoms with Crippen LogP contribution in [0.4, 0.5) is 0 Å². The Morgan fingerprint density at radius 1 is 1.43 bits per heavy atom. The van der Waals surface area contributed by atoms with Crippen LogP contribution in [-0.4, -0.2) is 34.8 Å². The SMILES string of the molecule is CCC(C)C(=O)OCC(=O)N1C(=O)CC12CC1CCC2C1. The monoisotopic (exact) mass is 293 g/mol. The van der Waals surface area contributed by atoms with Gasteiger partial charge in [-0.05, 0) is 43.9 Å². The fraction of sp³-hybridized carbons (Fsp3) is 0.812. The minimum atomic E-state index is -0.360. The summed E-state index contributed by atoms with van der Waals surface area (Å²) < 4.78 is 5.06. The fourth-order valence-corrected chi connectivity index (χ4v) is 4.38. The number of nitrogens with zero attached hydrogens (tertiary/aromatic N) is 1. The molecule has 21 heavy (non-hydrogen) atoms. The number of amides is 2. The standard InChI is InChI=1S/C16H23NO4/c1-3-10(2)15(20)21-9-14(19)17-13(18)8-16(17)7-11-4-5-12(16)6-11/h10-12H,3-9H2,1-2H3. The Morgan fingerprint density at radius 2 is 2.19 bits per heavy atom. The first kappa shape index (κ1) is 14.5. The summed E-state index contributed by atoms with van der Waals surface area (Å²) >= 11 is 0. The largest absolute Gasteiger partial charge is 0.455 e. The van der Waals surface area contributed by atoms with Gasteiger partial charge in [0.25, 0.3) is 5.91 Å². The zero-order valence-electron chi connectivity index (χ0n) is 12.8. The lowest BCUT2D eigenvalue weighted by molar-refractivity contribution is -0.178. The van der Waals surface area contributed by atoms with Gasteiger partial charge >= 0.3 is 5.97 Å². The van der Waals surface area contributed by atoms with E-state index in [0.717, 1.165) is 19.3 Å². The number of imide groups is 1. The summed E-state index contributed by atoms with van der Waals surface area (Å²) in [6, 6.07) is 0. The second kappa shape index (κ2) is 5.11. The highest BCUT2D eigenvalue weighted by molar-refractivity contribution is 6.03. The number of fused-ring (bicyclic) bond motifs is 3. The summed E-state index contributed by atoms with van der Waals surface area (Å²) in [5.74, 6) is 0.125. The molecule has 1 saturated heterocycles. The number of hydrogen-bond acceptors (Lipinski definition) is 4. The lowest BCUT2D eigenvalue weighted by Crippen LogP contribution is -2.68. The first-order valence-corrected chi connectivity index (χ1v) is 8.00. The van der Waals surface area contributed by atoms with Gasteiger partial charge in [0, 0.05) is 0 Å². The lowest BCUT2D eigenvalue weighted by atomic mass is 9.71. The fourth-order valence-electron chi connectivity index (χ4n) is 4.38. The van der Waals surface area contributed by atoms with Crippen molar-refractivity contribution in [3.05, 3.63) is 0 Å². The summed E-state index contributed by atoms with van der Waals surface area (Å²) in [4.78, 5) is 37.3. The van der Waals surface area contributed by atoms with Gasteiger partial charge in [0.05, 0.1) is 17.9 Å². The third-order valence-corrected chi connectivity index (χ3v) is 5.70. The predicted octanol–water partition coefficient (Wildman–Crippen LogP) is 1.89. The van der Waals surface area contributed by atoms with Gasteiger partial charge < -0.3 is 4.74 Å². The summed E-state index contributed by atoms with van der Waals surface area (Å²) in [7, 11) is 0. The van der Waals surface area contributed by atoms with E-state index in [9.17, 15) is 14.4 Å². The highest BCUT2D eigenvalue weighted by Gasteiger charge is 2.63. The van der Waals surface area contributed by atoms with Crippen molar-refractivity contribution < 1.29 is 19.1 Å². The molecular formula is C16H23NO4. The molecule has 0 aromatic rings. The number of ether oxygens (including phenoxy) is 1. The van der Waals surface area contributed by atoms with Gasteiger partial charge in [-0.2, -0.15) is 0 Å². The molecule has 0 N–H and O–H groups in total. The topological polar surface area (TPSA) is 63.7 Å². The first-order valence-electron chi connectivity index (χ1n) is 8.00. The Hall–Kier alpha value is -1.39. The van der Waals surface area contributed by atoms with Gasteiger partial charge in [-0.1, -0.05) is 13.8 Å². The van der Waals surface area contributed by atoms with E-state index in [1.165, 1.54) is 11.3 Å². The highest BCUT2D eigenvalue weighted by atomic mass is 16.5. The summed E-state index contributed by atoms with van der Waals surface area (Å²) in [5.41, 5.74) is -0.236. The van der Waals surface area contributed by atoms with E-state index in [-0.39, 0.29) is 35.8 Å². The molecule has 3 fully saturated rings. The van der Waals surface area contributed by atoms with Crippen LogP contribution in [0.1, 0.15) is 52.4 Å². The predicted molar refractivity (Wildman–Crippen MR) is 75.1 cm³/mol. The average molecular weight is 293 g/mol. The van der Waals surface area contributed by atoms with Gasteiger partial charge in [-0.15, -0.1) is 0 Å². The molecule has 4 unspecified atom stereocenters. The maximum absolute atomic E-state index is 12.3. The van der Waals surface area contributed by atoms with Crippen molar-refractivity contribution in [3.8, 4) is 0 Å². The molecule has 3 aliphatic rings. The van der Waals surface area contributed by atoms with Gasteiger partial charge in [-0.25, -0.2) is 0 Å². The normalized spacial score (nSPS) is 35.0. The van der Waals surface area contributed by atoms with E-state index in [1.54, 1.807) is 6.92 Å². The molecule has 2 aliphatic carbocycles. The molecule has 2 amide bonds. The van der Waals surface area contributed by atoms with Gasteiger partial charge in [0.2, 0.25) is 5.91 Å². The Morgan fingerprint density at radius 3 is 2.71 bits per heavy atom. The van der Waals surface area contributed by atoms with Crippen LogP contribution < -0.4 is 0 Å². The Bertz CT molecular complexity index is 489. The second-order valence-corrected chi connectivity index (χ2v) is 6.90. The van der Waals surface area contributed by atoms with Crippen molar-refractivity contribution >= 4 is 17.8 Å². The van der Waals surface area contributed by atoms with Crippen molar-refractivity contribution in [2.24, 2.45) is 17.8 Å². The highest BCUT2D eigenvalue weighted by Crippen LogP contribution is 2.58. The minimum Gasteiger partial charge on any atom is -0.455 e. The van der Waals surface area contributed by atoms with Crippen LogP contribution in [0.5, 0.6) is 0 Å². The van der Waals surface area contributed by atoms with Crippen molar-refractivity contribution in [2.75, 3.05) is 6.61 Å². The number of hydrogen-bond donors (Lipinski definition) is 0. The molecule has 1 heterocycles. The van der Waals surface area contributed by atoms with Gasteiger partial charge in [0.15, 0.2) is 6.61 Å². The zero-order chi connectivity index (χ0) is 15.2. The van der Waals surface area contributed by atoms with Crippen LogP contribution in [0.2, 0.25) is 0 Å². The smallest absolute Gasteiger partial charge is 0.309 e. The molecule has 0 aromatic heterocycles. The van der Waals surface area contributed by atoms with E-state index in [4.69, 9.17) is 4.74 Å². The summed E-state index contributed by atoms with van der Waals surface area (Å²) in [6.07, 6.45) is 5.63. The number of β-lactam (4-membered cyclic amide) rings is 1. The quantitative estimate of drug-likeness (QED) is 0.586. The van der Waals surface area contributed by atoms with Crippen molar-refractivity contribution in [1.82, 2.24) is 4.90 Å². The third-order valence-electron chi connectivity index (χ3n) is 5.70. The van der Waals surface area contributed by atoms with E-state index in [1.807, 2.05) is 6.92 Å².